The van der Waals surface area contributed by atoms with Gasteiger partial charge in [-0.15, -0.1) is 0 Å². The smallest absolute Gasteiger partial charge is 0.238 e. The number of ether oxygens (including phenoxy) is 1. The van der Waals surface area contributed by atoms with E-state index in [1.807, 2.05) is 18.2 Å². The van der Waals surface area contributed by atoms with Crippen LogP contribution < -0.4 is 15.0 Å². The van der Waals surface area contributed by atoms with Crippen LogP contribution in [0, 0.1) is 11.3 Å². The molecule has 0 aliphatic carbocycles. The molecule has 0 saturated carbocycles. The van der Waals surface area contributed by atoms with Crippen LogP contribution in [-0.2, 0) is 6.54 Å². The lowest BCUT2D eigenvalue weighted by atomic mass is 9.98. The molecule has 4 aromatic rings. The van der Waals surface area contributed by atoms with Gasteiger partial charge in [0.25, 0.3) is 0 Å². The summed E-state index contributed by atoms with van der Waals surface area (Å²) in [7, 11) is 0. The molecule has 37 heavy (non-hydrogen) atoms. The first-order valence-electron chi connectivity index (χ1n) is 12.5. The number of aromatic nitrogens is 3. The Bertz CT molecular complexity index is 1430. The highest BCUT2D eigenvalue weighted by molar-refractivity contribution is 5.84. The van der Waals surface area contributed by atoms with Crippen LogP contribution in [0.2, 0.25) is 0 Å². The summed E-state index contributed by atoms with van der Waals surface area (Å²) in [6.07, 6.45) is 1.65. The molecule has 2 aliphatic rings. The van der Waals surface area contributed by atoms with Gasteiger partial charge in [-0.05, 0) is 23.3 Å². The van der Waals surface area contributed by atoms with Crippen LogP contribution >= 0.6 is 0 Å². The Morgan fingerprint density at radius 3 is 2.51 bits per heavy atom. The highest BCUT2D eigenvalue weighted by Crippen LogP contribution is 2.38. The van der Waals surface area contributed by atoms with E-state index in [-0.39, 0.29) is 5.82 Å². The summed E-state index contributed by atoms with van der Waals surface area (Å²) in [4.78, 5) is 17.9. The van der Waals surface area contributed by atoms with Crippen molar-refractivity contribution in [1.29, 1.82) is 5.26 Å². The molecule has 0 bridgehead atoms. The van der Waals surface area contributed by atoms with Gasteiger partial charge >= 0.3 is 0 Å². The number of anilines is 2. The standard InChI is InChI=1S/C29H27N7O/c30-19-26-32-11-10-27(33-26)36-15-13-35(14-16-36)20-21-6-8-23(9-7-21)28-24(22-4-2-1-3-5-22)18-25-29(34-28)37-17-12-31-25/h1-11,18,31H,12-17,20H2. The first-order valence-corrected chi connectivity index (χ1v) is 12.5. The zero-order chi connectivity index (χ0) is 25.0. The Hall–Kier alpha value is -4.48. The maximum absolute atomic E-state index is 9.07. The van der Waals surface area contributed by atoms with Crippen LogP contribution in [0.5, 0.6) is 5.88 Å². The van der Waals surface area contributed by atoms with E-state index < -0.39 is 0 Å². The Morgan fingerprint density at radius 1 is 0.919 bits per heavy atom. The lowest BCUT2D eigenvalue weighted by Gasteiger charge is -2.35. The molecular weight excluding hydrogens is 462 g/mol. The summed E-state index contributed by atoms with van der Waals surface area (Å²) in [5, 5.41) is 12.5. The number of hydrogen-bond donors (Lipinski definition) is 1. The van der Waals surface area contributed by atoms with Gasteiger partial charge in [-0.3, -0.25) is 4.90 Å². The third kappa shape index (κ3) is 4.95. The predicted octanol–water partition coefficient (Wildman–Crippen LogP) is 4.20. The van der Waals surface area contributed by atoms with E-state index >= 15 is 0 Å². The van der Waals surface area contributed by atoms with E-state index in [0.717, 1.165) is 73.2 Å². The topological polar surface area (TPSA) is 90.2 Å². The van der Waals surface area contributed by atoms with Crippen molar-refractivity contribution in [2.75, 3.05) is 49.5 Å². The molecule has 0 unspecified atom stereocenters. The first kappa shape index (κ1) is 23.0. The van der Waals surface area contributed by atoms with Gasteiger partial charge < -0.3 is 15.0 Å². The number of nitrogens with zero attached hydrogens (tertiary/aromatic N) is 6. The fourth-order valence-electron chi connectivity index (χ4n) is 4.86. The summed E-state index contributed by atoms with van der Waals surface area (Å²) in [6.45, 7) is 5.89. The van der Waals surface area contributed by atoms with Crippen molar-refractivity contribution in [2.24, 2.45) is 0 Å². The monoisotopic (exact) mass is 489 g/mol. The van der Waals surface area contributed by atoms with Crippen molar-refractivity contribution in [3.63, 3.8) is 0 Å². The molecule has 0 spiro atoms. The predicted molar refractivity (Wildman–Crippen MR) is 143 cm³/mol. The van der Waals surface area contributed by atoms with E-state index in [9.17, 15) is 0 Å². The molecule has 4 heterocycles. The number of rotatable bonds is 5. The lowest BCUT2D eigenvalue weighted by Crippen LogP contribution is -2.46. The summed E-state index contributed by atoms with van der Waals surface area (Å²) in [5.74, 6) is 1.70. The molecule has 0 atom stereocenters. The van der Waals surface area contributed by atoms with Gasteiger partial charge in [-0.1, -0.05) is 54.6 Å². The van der Waals surface area contributed by atoms with Gasteiger partial charge in [0.2, 0.25) is 11.7 Å². The van der Waals surface area contributed by atoms with Gasteiger partial charge in [0.05, 0.1) is 11.4 Å². The Kier molecular flexibility index (Phi) is 6.36. The van der Waals surface area contributed by atoms with Crippen LogP contribution in [0.15, 0.2) is 72.9 Å². The van der Waals surface area contributed by atoms with Gasteiger partial charge in [-0.25, -0.2) is 15.0 Å². The Balaban J connectivity index is 1.18. The average Bonchev–Trinajstić information content (AvgIpc) is 2.98. The maximum Gasteiger partial charge on any atom is 0.238 e. The van der Waals surface area contributed by atoms with Crippen molar-refractivity contribution < 1.29 is 4.74 Å². The number of hydrogen-bond acceptors (Lipinski definition) is 8. The van der Waals surface area contributed by atoms with Crippen LogP contribution in [0.3, 0.4) is 0 Å². The van der Waals surface area contributed by atoms with E-state index in [1.165, 1.54) is 5.56 Å². The van der Waals surface area contributed by atoms with Crippen LogP contribution in [0.1, 0.15) is 11.4 Å². The van der Waals surface area contributed by atoms with Crippen LogP contribution in [0.25, 0.3) is 22.4 Å². The molecule has 8 heteroatoms. The summed E-state index contributed by atoms with van der Waals surface area (Å²) in [6, 6.07) is 25.1. The number of nitrogens with one attached hydrogen (secondary N) is 1. The summed E-state index contributed by atoms with van der Waals surface area (Å²) >= 11 is 0. The largest absolute Gasteiger partial charge is 0.474 e. The molecule has 1 N–H and O–H groups in total. The Labute approximate surface area is 216 Å². The second-order valence-electron chi connectivity index (χ2n) is 9.19. The normalized spacial score (nSPS) is 15.3. The molecule has 0 radical (unpaired) electrons. The van der Waals surface area contributed by atoms with Crippen molar-refractivity contribution in [3.05, 3.63) is 84.3 Å². The minimum atomic E-state index is 0.215. The third-order valence-electron chi connectivity index (χ3n) is 6.80. The zero-order valence-electron chi connectivity index (χ0n) is 20.5. The molecule has 6 rings (SSSR count). The van der Waals surface area contributed by atoms with Gasteiger partial charge in [0.15, 0.2) is 0 Å². The minimum Gasteiger partial charge on any atom is -0.474 e. The minimum absolute atomic E-state index is 0.215. The summed E-state index contributed by atoms with van der Waals surface area (Å²) in [5.41, 5.74) is 6.42. The fourth-order valence-corrected chi connectivity index (χ4v) is 4.86. The maximum atomic E-state index is 9.07. The second-order valence-corrected chi connectivity index (χ2v) is 9.19. The van der Waals surface area contributed by atoms with Gasteiger partial charge in [0, 0.05) is 56.6 Å². The van der Waals surface area contributed by atoms with Crippen molar-refractivity contribution in [1.82, 2.24) is 19.9 Å². The molecule has 2 aromatic carbocycles. The van der Waals surface area contributed by atoms with E-state index in [4.69, 9.17) is 15.0 Å². The van der Waals surface area contributed by atoms with Gasteiger partial charge in [-0.2, -0.15) is 5.26 Å². The van der Waals surface area contributed by atoms with E-state index in [2.05, 4.69) is 79.7 Å². The first-order chi connectivity index (χ1) is 18.3. The lowest BCUT2D eigenvalue weighted by molar-refractivity contribution is 0.249. The molecule has 1 saturated heterocycles. The second kappa shape index (κ2) is 10.2. The molecular formula is C29H27N7O. The van der Waals surface area contributed by atoms with Crippen molar-refractivity contribution in [3.8, 4) is 34.3 Å². The van der Waals surface area contributed by atoms with Crippen molar-refractivity contribution in [2.45, 2.75) is 6.54 Å². The molecule has 8 nitrogen and oxygen atoms in total. The molecule has 0 amide bonds. The summed E-state index contributed by atoms with van der Waals surface area (Å²) < 4.78 is 5.85. The average molecular weight is 490 g/mol. The quantitative estimate of drug-likeness (QED) is 0.446. The molecule has 2 aliphatic heterocycles. The number of pyridine rings is 1. The van der Waals surface area contributed by atoms with E-state index in [1.54, 1.807) is 6.20 Å². The molecule has 1 fully saturated rings. The van der Waals surface area contributed by atoms with Gasteiger partial charge in [0.1, 0.15) is 18.5 Å². The molecule has 2 aromatic heterocycles. The number of fused-ring (bicyclic) bond motifs is 1. The van der Waals surface area contributed by atoms with Crippen LogP contribution in [-0.4, -0.2) is 59.2 Å². The highest BCUT2D eigenvalue weighted by atomic mass is 16.5. The third-order valence-corrected chi connectivity index (χ3v) is 6.80. The SMILES string of the molecule is N#Cc1nccc(N2CCN(Cc3ccc(-c4nc5c(cc4-c4ccccc4)NCCO5)cc3)CC2)n1. The number of nitriles is 1. The van der Waals surface area contributed by atoms with Crippen LogP contribution in [0.4, 0.5) is 11.5 Å². The number of piperazine rings is 1. The fraction of sp³-hybridized carbons (Fsp3) is 0.241. The highest BCUT2D eigenvalue weighted by Gasteiger charge is 2.20. The van der Waals surface area contributed by atoms with Crippen molar-refractivity contribution >= 4 is 11.5 Å². The Morgan fingerprint density at radius 2 is 1.73 bits per heavy atom. The van der Waals surface area contributed by atoms with E-state index in [0.29, 0.717) is 12.5 Å². The molecule has 184 valence electrons. The zero-order valence-corrected chi connectivity index (χ0v) is 20.5. The number of benzene rings is 2.